The van der Waals surface area contributed by atoms with Crippen molar-refractivity contribution in [2.75, 3.05) is 0 Å². The van der Waals surface area contributed by atoms with Crippen LogP contribution in [-0.2, 0) is 0 Å². The van der Waals surface area contributed by atoms with Crippen molar-refractivity contribution >= 4 is 53.3 Å². The Morgan fingerprint density at radius 1 is 0.773 bits per heavy atom. The third kappa shape index (κ3) is 11.7. The standard InChI is InChI=1S/C19H36I2Si/c1-6-8-10-12-14-17(19(21)22(3,4)5)16-18(20)15-13-11-9-7-2/h16H,6-15H2,1-5H3/b18-16-,19-17+. The summed E-state index contributed by atoms with van der Waals surface area (Å²) in [5.41, 5.74) is 1.65. The summed E-state index contributed by atoms with van der Waals surface area (Å²) in [4.78, 5) is 0. The first kappa shape index (κ1) is 23.2. The van der Waals surface area contributed by atoms with Gasteiger partial charge >= 0.3 is 0 Å². The van der Waals surface area contributed by atoms with E-state index >= 15 is 0 Å². The Hall–Kier alpha value is 1.16. The maximum absolute atomic E-state index is 2.65. The summed E-state index contributed by atoms with van der Waals surface area (Å²) in [5, 5.41) is 0. The molecule has 0 aromatic carbocycles. The van der Waals surface area contributed by atoms with Gasteiger partial charge in [0.1, 0.15) is 0 Å². The number of halogens is 2. The van der Waals surface area contributed by atoms with Gasteiger partial charge in [-0.3, -0.25) is 0 Å². The second kappa shape index (κ2) is 13.4. The van der Waals surface area contributed by atoms with Crippen LogP contribution in [0.3, 0.4) is 0 Å². The Morgan fingerprint density at radius 2 is 1.27 bits per heavy atom. The molecule has 0 saturated heterocycles. The van der Waals surface area contributed by atoms with Crippen molar-refractivity contribution in [3.8, 4) is 0 Å². The van der Waals surface area contributed by atoms with E-state index in [4.69, 9.17) is 0 Å². The first-order chi connectivity index (χ1) is 10.3. The van der Waals surface area contributed by atoms with E-state index in [9.17, 15) is 0 Å². The van der Waals surface area contributed by atoms with Crippen LogP contribution in [0.5, 0.6) is 0 Å². The number of hydrogen-bond acceptors (Lipinski definition) is 0. The van der Waals surface area contributed by atoms with Gasteiger partial charge in [0.2, 0.25) is 0 Å². The minimum Gasteiger partial charge on any atom is -0.0654 e. The first-order valence-electron chi connectivity index (χ1n) is 9.08. The highest BCUT2D eigenvalue weighted by Crippen LogP contribution is 2.31. The zero-order chi connectivity index (χ0) is 17.0. The van der Waals surface area contributed by atoms with E-state index in [1.54, 1.807) is 12.4 Å². The summed E-state index contributed by atoms with van der Waals surface area (Å²) in [7, 11) is -1.18. The Labute approximate surface area is 168 Å². The first-order valence-corrected chi connectivity index (χ1v) is 14.7. The topological polar surface area (TPSA) is 0 Å². The van der Waals surface area contributed by atoms with Gasteiger partial charge in [-0.15, -0.1) is 0 Å². The summed E-state index contributed by atoms with van der Waals surface area (Å²) in [6.45, 7) is 12.0. The molecule has 0 aromatic heterocycles. The van der Waals surface area contributed by atoms with E-state index in [0.29, 0.717) is 0 Å². The molecule has 0 aliphatic rings. The average molecular weight is 546 g/mol. The quantitative estimate of drug-likeness (QED) is 0.0994. The van der Waals surface area contributed by atoms with E-state index in [2.05, 4.69) is 84.7 Å². The molecule has 0 aromatic rings. The third-order valence-electron chi connectivity index (χ3n) is 3.84. The van der Waals surface area contributed by atoms with Crippen molar-refractivity contribution < 1.29 is 0 Å². The molecule has 22 heavy (non-hydrogen) atoms. The van der Waals surface area contributed by atoms with Gasteiger partial charge in [-0.05, 0) is 66.7 Å². The molecule has 130 valence electrons. The molecule has 0 bridgehead atoms. The van der Waals surface area contributed by atoms with Crippen LogP contribution in [0, 0.1) is 0 Å². The van der Waals surface area contributed by atoms with Crippen LogP contribution in [0.15, 0.2) is 18.4 Å². The van der Waals surface area contributed by atoms with Gasteiger partial charge in [0, 0.05) is 0 Å². The minimum atomic E-state index is -1.18. The molecule has 0 radical (unpaired) electrons. The molecule has 0 rings (SSSR count). The molecule has 0 amide bonds. The lowest BCUT2D eigenvalue weighted by Gasteiger charge is -2.19. The Bertz CT molecular complexity index is 351. The van der Waals surface area contributed by atoms with Gasteiger partial charge in [0.25, 0.3) is 0 Å². The van der Waals surface area contributed by atoms with Crippen molar-refractivity contribution in [2.45, 2.75) is 97.7 Å². The summed E-state index contributed by atoms with van der Waals surface area (Å²) >= 11 is 5.23. The summed E-state index contributed by atoms with van der Waals surface area (Å²) < 4.78 is 3.25. The van der Waals surface area contributed by atoms with Crippen molar-refractivity contribution in [3.05, 3.63) is 18.4 Å². The molecule has 0 aliphatic heterocycles. The minimum absolute atomic E-state index is 1.18. The van der Waals surface area contributed by atoms with Gasteiger partial charge < -0.3 is 0 Å². The van der Waals surface area contributed by atoms with E-state index in [1.807, 2.05) is 0 Å². The molecule has 0 saturated carbocycles. The number of hydrogen-bond donors (Lipinski definition) is 0. The molecule has 0 N–H and O–H groups in total. The van der Waals surface area contributed by atoms with Gasteiger partial charge in [-0.25, -0.2) is 0 Å². The molecule has 0 heterocycles. The van der Waals surface area contributed by atoms with Crippen molar-refractivity contribution in [2.24, 2.45) is 0 Å². The average Bonchev–Trinajstić information content (AvgIpc) is 2.45. The van der Waals surface area contributed by atoms with Crippen LogP contribution in [0.1, 0.15) is 78.1 Å². The molecule has 0 spiro atoms. The van der Waals surface area contributed by atoms with E-state index in [0.717, 1.165) is 0 Å². The third-order valence-corrected chi connectivity index (χ3v) is 11.9. The molecule has 0 fully saturated rings. The van der Waals surface area contributed by atoms with Crippen LogP contribution >= 0.6 is 45.2 Å². The molecule has 0 unspecified atom stereocenters. The molecular formula is C19H36I2Si. The Kier molecular flexibility index (Phi) is 14.2. The fraction of sp³-hybridized carbons (Fsp3) is 0.789. The maximum atomic E-state index is 2.65. The number of unbranched alkanes of at least 4 members (excludes halogenated alkanes) is 6. The van der Waals surface area contributed by atoms with Crippen molar-refractivity contribution in [1.82, 2.24) is 0 Å². The highest BCUT2D eigenvalue weighted by Gasteiger charge is 2.20. The van der Waals surface area contributed by atoms with Gasteiger partial charge in [-0.1, -0.05) is 94.6 Å². The highest BCUT2D eigenvalue weighted by molar-refractivity contribution is 14.1. The summed E-state index contributed by atoms with van der Waals surface area (Å²) in [6.07, 6.45) is 16.0. The van der Waals surface area contributed by atoms with E-state index < -0.39 is 8.07 Å². The fourth-order valence-corrected chi connectivity index (χ4v) is 4.79. The maximum Gasteiger partial charge on any atom is 0.0858 e. The number of allylic oxidation sites excluding steroid dienone is 3. The Morgan fingerprint density at radius 3 is 1.73 bits per heavy atom. The normalized spacial score (nSPS) is 14.2. The lowest BCUT2D eigenvalue weighted by Crippen LogP contribution is -2.21. The number of rotatable bonds is 12. The summed E-state index contributed by atoms with van der Waals surface area (Å²) in [5.74, 6) is 0. The largest absolute Gasteiger partial charge is 0.0858 e. The van der Waals surface area contributed by atoms with E-state index in [-0.39, 0.29) is 0 Å². The summed E-state index contributed by atoms with van der Waals surface area (Å²) in [6, 6.07) is 0. The molecule has 0 nitrogen and oxygen atoms in total. The SMILES string of the molecule is CCCCCC/C(I)=C/C(CCCCCC)=C(\I)[Si](C)(C)C. The second-order valence-corrected chi connectivity index (χ2v) is 15.8. The second-order valence-electron chi connectivity index (χ2n) is 7.30. The van der Waals surface area contributed by atoms with Crippen molar-refractivity contribution in [3.63, 3.8) is 0 Å². The Balaban J connectivity index is 4.77. The molecule has 0 atom stereocenters. The predicted molar refractivity (Wildman–Crippen MR) is 124 cm³/mol. The lowest BCUT2D eigenvalue weighted by molar-refractivity contribution is 0.666. The van der Waals surface area contributed by atoms with Crippen molar-refractivity contribution in [1.29, 1.82) is 0 Å². The van der Waals surface area contributed by atoms with Crippen LogP contribution in [0.25, 0.3) is 0 Å². The molecule has 0 aliphatic carbocycles. The molecular weight excluding hydrogens is 510 g/mol. The van der Waals surface area contributed by atoms with Gasteiger partial charge in [0.15, 0.2) is 0 Å². The smallest absolute Gasteiger partial charge is 0.0654 e. The monoisotopic (exact) mass is 546 g/mol. The van der Waals surface area contributed by atoms with Crippen LogP contribution in [0.4, 0.5) is 0 Å². The van der Waals surface area contributed by atoms with Crippen LogP contribution in [-0.4, -0.2) is 8.07 Å². The van der Waals surface area contributed by atoms with Crippen LogP contribution in [0.2, 0.25) is 19.6 Å². The fourth-order valence-electron chi connectivity index (χ4n) is 2.45. The zero-order valence-corrected chi connectivity index (χ0v) is 20.7. The van der Waals surface area contributed by atoms with E-state index in [1.165, 1.54) is 64.2 Å². The predicted octanol–water partition coefficient (Wildman–Crippen LogP) is 8.81. The molecule has 3 heteroatoms. The van der Waals surface area contributed by atoms with Gasteiger partial charge in [0.05, 0.1) is 8.07 Å². The lowest BCUT2D eigenvalue weighted by atomic mass is 10.1. The van der Waals surface area contributed by atoms with Crippen LogP contribution < -0.4 is 0 Å². The highest BCUT2D eigenvalue weighted by atomic mass is 127. The zero-order valence-electron chi connectivity index (χ0n) is 15.4. The van der Waals surface area contributed by atoms with Gasteiger partial charge in [-0.2, -0.15) is 0 Å².